The van der Waals surface area contributed by atoms with E-state index >= 15 is 0 Å². The Labute approximate surface area is 134 Å². The van der Waals surface area contributed by atoms with E-state index < -0.39 is 10.0 Å². The van der Waals surface area contributed by atoms with E-state index in [1.54, 1.807) is 12.1 Å². The average molecular weight is 331 g/mol. The van der Waals surface area contributed by atoms with Gasteiger partial charge in [-0.05, 0) is 36.2 Å². The van der Waals surface area contributed by atoms with Crippen molar-refractivity contribution in [3.8, 4) is 0 Å². The van der Waals surface area contributed by atoms with Gasteiger partial charge in [-0.1, -0.05) is 31.2 Å². The molecule has 0 fully saturated rings. The van der Waals surface area contributed by atoms with Crippen LogP contribution in [0.2, 0.25) is 0 Å². The van der Waals surface area contributed by atoms with Gasteiger partial charge in [0.05, 0.1) is 10.9 Å². The standard InChI is InChI=1S/C16H17N3O3S/c1-2-13(11-6-5-7-12(10-11)23(17,20)21)18-16-19-14-8-3-4-9-15(14)22-16/h3-10,13H,2H2,1H3,(H,18,19)(H2,17,20,21). The maximum Gasteiger partial charge on any atom is 0.296 e. The van der Waals surface area contributed by atoms with Gasteiger partial charge in [-0.2, -0.15) is 4.98 Å². The van der Waals surface area contributed by atoms with Crippen LogP contribution in [0.4, 0.5) is 6.01 Å². The van der Waals surface area contributed by atoms with E-state index in [0.29, 0.717) is 11.6 Å². The number of sulfonamides is 1. The average Bonchev–Trinajstić information content (AvgIpc) is 2.94. The number of para-hydroxylation sites is 2. The number of aromatic nitrogens is 1. The number of hydrogen-bond donors (Lipinski definition) is 2. The number of nitrogens with zero attached hydrogens (tertiary/aromatic N) is 1. The van der Waals surface area contributed by atoms with E-state index in [9.17, 15) is 8.42 Å². The predicted molar refractivity (Wildman–Crippen MR) is 88.5 cm³/mol. The number of hydrogen-bond acceptors (Lipinski definition) is 5. The summed E-state index contributed by atoms with van der Waals surface area (Å²) in [5, 5.41) is 8.39. The van der Waals surface area contributed by atoms with E-state index in [-0.39, 0.29) is 10.9 Å². The maximum absolute atomic E-state index is 11.5. The zero-order valence-corrected chi connectivity index (χ0v) is 13.4. The maximum atomic E-state index is 11.5. The van der Waals surface area contributed by atoms with Crippen LogP contribution in [0, 0.1) is 0 Å². The van der Waals surface area contributed by atoms with Gasteiger partial charge in [0.25, 0.3) is 6.01 Å². The van der Waals surface area contributed by atoms with E-state index in [1.807, 2.05) is 37.3 Å². The van der Waals surface area contributed by atoms with Crippen LogP contribution in [0.25, 0.3) is 11.1 Å². The molecule has 0 saturated heterocycles. The lowest BCUT2D eigenvalue weighted by atomic mass is 10.1. The van der Waals surface area contributed by atoms with Crippen molar-refractivity contribution in [2.75, 3.05) is 5.32 Å². The molecular weight excluding hydrogens is 314 g/mol. The van der Waals surface area contributed by atoms with Gasteiger partial charge in [-0.15, -0.1) is 0 Å². The molecule has 0 aliphatic heterocycles. The first-order chi connectivity index (χ1) is 11.0. The number of nitrogens with one attached hydrogen (secondary N) is 1. The van der Waals surface area contributed by atoms with Crippen LogP contribution < -0.4 is 10.5 Å². The molecule has 1 heterocycles. The second kappa shape index (κ2) is 6.02. The van der Waals surface area contributed by atoms with E-state index in [1.165, 1.54) is 6.07 Å². The fraction of sp³-hybridized carbons (Fsp3) is 0.188. The number of rotatable bonds is 5. The van der Waals surface area contributed by atoms with Crippen molar-refractivity contribution < 1.29 is 12.8 Å². The molecule has 120 valence electrons. The summed E-state index contributed by atoms with van der Waals surface area (Å²) in [6.07, 6.45) is 0.729. The highest BCUT2D eigenvalue weighted by Gasteiger charge is 2.16. The lowest BCUT2D eigenvalue weighted by Crippen LogP contribution is -2.14. The van der Waals surface area contributed by atoms with Crippen molar-refractivity contribution >= 4 is 27.1 Å². The van der Waals surface area contributed by atoms with Gasteiger partial charge in [-0.25, -0.2) is 13.6 Å². The van der Waals surface area contributed by atoms with Gasteiger partial charge in [0.15, 0.2) is 5.58 Å². The Bertz CT molecular complexity index is 901. The Morgan fingerprint density at radius 1 is 1.22 bits per heavy atom. The third kappa shape index (κ3) is 3.35. The van der Waals surface area contributed by atoms with Gasteiger partial charge in [0.1, 0.15) is 5.52 Å². The SMILES string of the molecule is CCC(Nc1nc2ccccc2o1)c1cccc(S(N)(=O)=O)c1. The molecule has 0 bridgehead atoms. The molecule has 1 aromatic heterocycles. The van der Waals surface area contributed by atoms with Gasteiger partial charge in [0.2, 0.25) is 10.0 Å². The van der Waals surface area contributed by atoms with Crippen molar-refractivity contribution in [2.24, 2.45) is 5.14 Å². The lowest BCUT2D eigenvalue weighted by Gasteiger charge is -2.16. The van der Waals surface area contributed by atoms with Crippen LogP contribution in [0.1, 0.15) is 24.9 Å². The molecule has 3 N–H and O–H groups in total. The summed E-state index contributed by atoms with van der Waals surface area (Å²) in [5.41, 5.74) is 2.27. The highest BCUT2D eigenvalue weighted by molar-refractivity contribution is 7.89. The highest BCUT2D eigenvalue weighted by Crippen LogP contribution is 2.26. The molecule has 3 aromatic rings. The first kappa shape index (κ1) is 15.5. The van der Waals surface area contributed by atoms with Gasteiger partial charge in [-0.3, -0.25) is 0 Å². The Morgan fingerprint density at radius 3 is 2.70 bits per heavy atom. The van der Waals surface area contributed by atoms with Crippen molar-refractivity contribution in [1.29, 1.82) is 0 Å². The molecule has 0 saturated carbocycles. The number of primary sulfonamides is 1. The fourth-order valence-electron chi connectivity index (χ4n) is 2.41. The molecule has 1 atom stereocenters. The Hall–Kier alpha value is -2.38. The minimum absolute atomic E-state index is 0.0906. The van der Waals surface area contributed by atoms with Crippen LogP contribution in [0.3, 0.4) is 0 Å². The number of oxazole rings is 1. The third-order valence-corrected chi connectivity index (χ3v) is 4.50. The summed E-state index contributed by atoms with van der Waals surface area (Å²) in [6, 6.07) is 14.3. The normalized spacial score (nSPS) is 13.1. The quantitative estimate of drug-likeness (QED) is 0.749. The second-order valence-electron chi connectivity index (χ2n) is 5.21. The Balaban J connectivity index is 1.90. The summed E-state index contributed by atoms with van der Waals surface area (Å²) < 4.78 is 28.7. The smallest absolute Gasteiger partial charge is 0.296 e. The highest BCUT2D eigenvalue weighted by atomic mass is 32.2. The van der Waals surface area contributed by atoms with Gasteiger partial charge in [0, 0.05) is 0 Å². The summed E-state index contributed by atoms with van der Waals surface area (Å²) in [7, 11) is -3.73. The van der Waals surface area contributed by atoms with Crippen LogP contribution >= 0.6 is 0 Å². The lowest BCUT2D eigenvalue weighted by molar-refractivity contribution is 0.591. The largest absolute Gasteiger partial charge is 0.424 e. The van der Waals surface area contributed by atoms with E-state index in [0.717, 1.165) is 17.5 Å². The summed E-state index contributed by atoms with van der Waals surface area (Å²) in [4.78, 5) is 4.47. The van der Waals surface area contributed by atoms with Crippen molar-refractivity contribution in [3.63, 3.8) is 0 Å². The molecule has 6 nitrogen and oxygen atoms in total. The van der Waals surface area contributed by atoms with Crippen LogP contribution in [-0.2, 0) is 10.0 Å². The number of anilines is 1. The minimum Gasteiger partial charge on any atom is -0.424 e. The molecule has 0 aliphatic rings. The topological polar surface area (TPSA) is 98.2 Å². The number of fused-ring (bicyclic) bond motifs is 1. The van der Waals surface area contributed by atoms with Crippen LogP contribution in [0.5, 0.6) is 0 Å². The molecule has 3 rings (SSSR count). The van der Waals surface area contributed by atoms with E-state index in [4.69, 9.17) is 9.56 Å². The molecule has 0 amide bonds. The number of nitrogens with two attached hydrogens (primary N) is 1. The van der Waals surface area contributed by atoms with Gasteiger partial charge >= 0.3 is 0 Å². The molecule has 0 aliphatic carbocycles. The zero-order valence-electron chi connectivity index (χ0n) is 12.6. The van der Waals surface area contributed by atoms with Crippen molar-refractivity contribution in [2.45, 2.75) is 24.3 Å². The first-order valence-electron chi connectivity index (χ1n) is 7.22. The van der Waals surface area contributed by atoms with Gasteiger partial charge < -0.3 is 9.73 Å². The Kier molecular flexibility index (Phi) is 4.06. The molecule has 7 heteroatoms. The van der Waals surface area contributed by atoms with Crippen molar-refractivity contribution in [3.05, 3.63) is 54.1 Å². The molecule has 2 aromatic carbocycles. The molecule has 0 radical (unpaired) electrons. The van der Waals surface area contributed by atoms with E-state index in [2.05, 4.69) is 10.3 Å². The monoisotopic (exact) mass is 331 g/mol. The molecule has 23 heavy (non-hydrogen) atoms. The van der Waals surface area contributed by atoms with Crippen LogP contribution in [0.15, 0.2) is 57.8 Å². The van der Waals surface area contributed by atoms with Crippen LogP contribution in [-0.4, -0.2) is 13.4 Å². The summed E-state index contributed by atoms with van der Waals surface area (Å²) in [5.74, 6) is 0. The number of benzene rings is 2. The second-order valence-corrected chi connectivity index (χ2v) is 6.77. The predicted octanol–water partition coefficient (Wildman–Crippen LogP) is 3.04. The molecule has 0 spiro atoms. The summed E-state index contributed by atoms with van der Waals surface area (Å²) in [6.45, 7) is 1.99. The first-order valence-corrected chi connectivity index (χ1v) is 8.77. The molecular formula is C16H17N3O3S. The molecule has 1 unspecified atom stereocenters. The minimum atomic E-state index is -3.73. The third-order valence-electron chi connectivity index (χ3n) is 3.59. The summed E-state index contributed by atoms with van der Waals surface area (Å²) >= 11 is 0. The van der Waals surface area contributed by atoms with Crippen molar-refractivity contribution in [1.82, 2.24) is 4.98 Å². The zero-order chi connectivity index (χ0) is 16.4. The fourth-order valence-corrected chi connectivity index (χ4v) is 2.98. The Morgan fingerprint density at radius 2 is 2.00 bits per heavy atom.